The number of amides is 2. The van der Waals surface area contributed by atoms with Crippen molar-refractivity contribution in [3.05, 3.63) is 24.3 Å². The fourth-order valence-corrected chi connectivity index (χ4v) is 2.74. The number of likely N-dealkylation sites (tertiary alicyclic amines) is 1. The molecule has 1 aromatic rings. The molecule has 0 radical (unpaired) electrons. The Labute approximate surface area is 139 Å². The maximum absolute atomic E-state index is 12.4. The van der Waals surface area contributed by atoms with Crippen LogP contribution in [0.2, 0.25) is 0 Å². The molecule has 1 aliphatic heterocycles. The second-order valence-corrected chi connectivity index (χ2v) is 5.78. The molecule has 1 aliphatic rings. The maximum atomic E-state index is 12.4. The number of halogens is 2. The van der Waals surface area contributed by atoms with Crippen molar-refractivity contribution in [3.8, 4) is 5.75 Å². The fourth-order valence-electron chi connectivity index (χ4n) is 2.74. The number of likely N-dealkylation sites (N-methyl/N-ethyl adjacent to an activating group) is 1. The summed E-state index contributed by atoms with van der Waals surface area (Å²) in [6.45, 7) is -2.30. The summed E-state index contributed by atoms with van der Waals surface area (Å²) in [5, 5.41) is 2.57. The Morgan fingerprint density at radius 2 is 2.08 bits per heavy atom. The van der Waals surface area contributed by atoms with Crippen molar-refractivity contribution >= 4 is 17.5 Å². The third-order valence-corrected chi connectivity index (χ3v) is 3.81. The molecule has 1 aromatic carbocycles. The average molecular weight is 341 g/mol. The number of rotatable bonds is 6. The first-order valence-corrected chi connectivity index (χ1v) is 7.67. The number of ether oxygens (including phenoxy) is 1. The molecule has 1 fully saturated rings. The number of alkyl halides is 2. The minimum atomic E-state index is -2.97. The van der Waals surface area contributed by atoms with Crippen molar-refractivity contribution in [2.45, 2.75) is 25.5 Å². The molecule has 1 unspecified atom stereocenters. The van der Waals surface area contributed by atoms with Gasteiger partial charge in [0.1, 0.15) is 5.75 Å². The first-order chi connectivity index (χ1) is 11.4. The van der Waals surface area contributed by atoms with Gasteiger partial charge < -0.3 is 15.0 Å². The molecule has 2 rings (SSSR count). The van der Waals surface area contributed by atoms with Crippen LogP contribution in [0.5, 0.6) is 5.75 Å². The SMILES string of the molecule is CN(C)C(=O)C1CCCN1CC(=O)Nc1ccccc1OC(F)F. The van der Waals surface area contributed by atoms with Crippen molar-refractivity contribution < 1.29 is 23.1 Å². The average Bonchev–Trinajstić information content (AvgIpc) is 2.95. The number of carbonyl (C=O) groups is 2. The molecule has 1 saturated heterocycles. The summed E-state index contributed by atoms with van der Waals surface area (Å²) in [7, 11) is 3.35. The molecule has 1 heterocycles. The predicted octanol–water partition coefficient (Wildman–Crippen LogP) is 1.78. The number of anilines is 1. The van der Waals surface area contributed by atoms with Crippen LogP contribution in [0.4, 0.5) is 14.5 Å². The van der Waals surface area contributed by atoms with E-state index in [1.54, 1.807) is 31.1 Å². The van der Waals surface area contributed by atoms with E-state index in [4.69, 9.17) is 0 Å². The van der Waals surface area contributed by atoms with Crippen molar-refractivity contribution in [1.82, 2.24) is 9.80 Å². The Morgan fingerprint density at radius 1 is 1.38 bits per heavy atom. The lowest BCUT2D eigenvalue weighted by Gasteiger charge is -2.25. The molecule has 1 atom stereocenters. The van der Waals surface area contributed by atoms with Gasteiger partial charge in [-0.25, -0.2) is 0 Å². The van der Waals surface area contributed by atoms with E-state index >= 15 is 0 Å². The van der Waals surface area contributed by atoms with Crippen LogP contribution in [0.15, 0.2) is 24.3 Å². The zero-order chi connectivity index (χ0) is 17.7. The molecule has 24 heavy (non-hydrogen) atoms. The molecular formula is C16H21F2N3O3. The second kappa shape index (κ2) is 8.05. The molecular weight excluding hydrogens is 320 g/mol. The van der Waals surface area contributed by atoms with Crippen LogP contribution in [-0.4, -0.2) is 61.5 Å². The van der Waals surface area contributed by atoms with Gasteiger partial charge in [0.05, 0.1) is 18.3 Å². The zero-order valence-electron chi connectivity index (χ0n) is 13.7. The van der Waals surface area contributed by atoms with Crippen LogP contribution in [0, 0.1) is 0 Å². The highest BCUT2D eigenvalue weighted by Crippen LogP contribution is 2.26. The minimum Gasteiger partial charge on any atom is -0.433 e. The van der Waals surface area contributed by atoms with E-state index in [1.165, 1.54) is 17.0 Å². The molecule has 8 heteroatoms. The van der Waals surface area contributed by atoms with Gasteiger partial charge in [-0.2, -0.15) is 8.78 Å². The smallest absolute Gasteiger partial charge is 0.387 e. The van der Waals surface area contributed by atoms with Crippen molar-refractivity contribution in [2.75, 3.05) is 32.5 Å². The highest BCUT2D eigenvalue weighted by molar-refractivity contribution is 5.94. The monoisotopic (exact) mass is 341 g/mol. The first-order valence-electron chi connectivity index (χ1n) is 7.67. The van der Waals surface area contributed by atoms with Gasteiger partial charge in [0.25, 0.3) is 0 Å². The maximum Gasteiger partial charge on any atom is 0.387 e. The van der Waals surface area contributed by atoms with Crippen LogP contribution < -0.4 is 10.1 Å². The number of para-hydroxylation sites is 2. The van der Waals surface area contributed by atoms with Crippen LogP contribution in [0.3, 0.4) is 0 Å². The molecule has 0 bridgehead atoms. The minimum absolute atomic E-state index is 0.0211. The number of carbonyl (C=O) groups excluding carboxylic acids is 2. The van der Waals surface area contributed by atoms with Gasteiger partial charge in [0.2, 0.25) is 11.8 Å². The summed E-state index contributed by atoms with van der Waals surface area (Å²) in [5.74, 6) is -0.510. The molecule has 6 nitrogen and oxygen atoms in total. The molecule has 132 valence electrons. The highest BCUT2D eigenvalue weighted by atomic mass is 19.3. The predicted molar refractivity (Wildman–Crippen MR) is 85.0 cm³/mol. The Bertz CT molecular complexity index is 596. The standard InChI is InChI=1S/C16H21F2N3O3/c1-20(2)15(23)12-7-5-9-21(12)10-14(22)19-11-6-3-4-8-13(11)24-16(17)18/h3-4,6,8,12,16H,5,7,9-10H2,1-2H3,(H,19,22). The van der Waals surface area contributed by atoms with Crippen LogP contribution in [0.25, 0.3) is 0 Å². The Morgan fingerprint density at radius 3 is 2.75 bits per heavy atom. The summed E-state index contributed by atoms with van der Waals surface area (Å²) in [6, 6.07) is 5.68. The summed E-state index contributed by atoms with van der Waals surface area (Å²) in [4.78, 5) is 27.7. The topological polar surface area (TPSA) is 61.9 Å². The summed E-state index contributed by atoms with van der Waals surface area (Å²) in [6.07, 6.45) is 1.54. The molecule has 0 saturated carbocycles. The lowest BCUT2D eigenvalue weighted by atomic mass is 10.2. The Balaban J connectivity index is 1.99. The molecule has 0 aromatic heterocycles. The van der Waals surface area contributed by atoms with Gasteiger partial charge >= 0.3 is 6.61 Å². The zero-order valence-corrected chi connectivity index (χ0v) is 13.7. The van der Waals surface area contributed by atoms with E-state index in [1.807, 2.05) is 0 Å². The van der Waals surface area contributed by atoms with Crippen LogP contribution in [0.1, 0.15) is 12.8 Å². The van der Waals surface area contributed by atoms with E-state index < -0.39 is 6.61 Å². The lowest BCUT2D eigenvalue weighted by molar-refractivity contribution is -0.133. The third kappa shape index (κ3) is 4.64. The molecule has 2 amide bonds. The van der Waals surface area contributed by atoms with Gasteiger partial charge in [0.15, 0.2) is 0 Å². The summed E-state index contributed by atoms with van der Waals surface area (Å²) < 4.78 is 29.2. The number of hydrogen-bond acceptors (Lipinski definition) is 4. The van der Waals surface area contributed by atoms with E-state index in [0.29, 0.717) is 13.0 Å². The van der Waals surface area contributed by atoms with Gasteiger partial charge in [-0.15, -0.1) is 0 Å². The highest BCUT2D eigenvalue weighted by Gasteiger charge is 2.32. The van der Waals surface area contributed by atoms with E-state index in [-0.39, 0.29) is 35.8 Å². The Kier molecular flexibility index (Phi) is 6.08. The number of hydrogen-bond donors (Lipinski definition) is 1. The summed E-state index contributed by atoms with van der Waals surface area (Å²) >= 11 is 0. The fraction of sp³-hybridized carbons (Fsp3) is 0.500. The molecule has 0 spiro atoms. The van der Waals surface area contributed by atoms with Crippen molar-refractivity contribution in [3.63, 3.8) is 0 Å². The van der Waals surface area contributed by atoms with E-state index in [9.17, 15) is 18.4 Å². The summed E-state index contributed by atoms with van der Waals surface area (Å²) in [5.41, 5.74) is 0.178. The van der Waals surface area contributed by atoms with E-state index in [2.05, 4.69) is 10.1 Å². The van der Waals surface area contributed by atoms with Crippen molar-refractivity contribution in [1.29, 1.82) is 0 Å². The number of nitrogens with one attached hydrogen (secondary N) is 1. The molecule has 0 aliphatic carbocycles. The first kappa shape index (κ1) is 18.1. The quantitative estimate of drug-likeness (QED) is 0.857. The van der Waals surface area contributed by atoms with Gasteiger partial charge in [-0.3, -0.25) is 14.5 Å². The van der Waals surface area contributed by atoms with Gasteiger partial charge in [-0.05, 0) is 31.5 Å². The normalized spacial score (nSPS) is 17.8. The Hall–Kier alpha value is -2.22. The van der Waals surface area contributed by atoms with Crippen molar-refractivity contribution in [2.24, 2.45) is 0 Å². The lowest BCUT2D eigenvalue weighted by Crippen LogP contribution is -2.45. The van der Waals surface area contributed by atoms with Gasteiger partial charge in [0, 0.05) is 14.1 Å². The second-order valence-electron chi connectivity index (χ2n) is 5.78. The largest absolute Gasteiger partial charge is 0.433 e. The number of nitrogens with zero attached hydrogens (tertiary/aromatic N) is 2. The van der Waals surface area contributed by atoms with E-state index in [0.717, 1.165) is 6.42 Å². The third-order valence-electron chi connectivity index (χ3n) is 3.81. The van der Waals surface area contributed by atoms with Crippen LogP contribution >= 0.6 is 0 Å². The van der Waals surface area contributed by atoms with Gasteiger partial charge in [-0.1, -0.05) is 12.1 Å². The number of benzene rings is 1. The molecule has 1 N–H and O–H groups in total. The van der Waals surface area contributed by atoms with Crippen LogP contribution in [-0.2, 0) is 9.59 Å².